The number of anilines is 1. The first-order valence-electron chi connectivity index (χ1n) is 12.1. The summed E-state index contributed by atoms with van der Waals surface area (Å²) in [5.41, 5.74) is 1.13. The Bertz CT molecular complexity index is 1550. The standard InChI is InChI=1S/C26H22ClN3O8S2/c1-2-37-16-9-12(3-8-15(16)38-11-17(31)28-14-6-4-13(27)5-7-14)19-20-22(39-23-21(19)40-26(36)29-23)25(35)30(24(20)34)10-18(32)33/h3-9,19-20,22H,2,10-11H2,1H3,(H,28,31)(H,29,36)(H,32,33)/t19-,20+,22-/m0/s1. The highest BCUT2D eigenvalue weighted by atomic mass is 35.5. The number of aromatic amines is 1. The predicted octanol–water partition coefficient (Wildman–Crippen LogP) is 3.18. The van der Waals surface area contributed by atoms with E-state index in [0.29, 0.717) is 31.9 Å². The number of aromatic nitrogens is 1. The summed E-state index contributed by atoms with van der Waals surface area (Å²) < 4.78 is 11.5. The highest BCUT2D eigenvalue weighted by Gasteiger charge is 2.56. The number of ether oxygens (including phenoxy) is 2. The molecule has 5 rings (SSSR count). The van der Waals surface area contributed by atoms with Crippen LogP contribution in [-0.4, -0.2) is 63.7 Å². The lowest BCUT2D eigenvalue weighted by molar-refractivity contribution is -0.149. The largest absolute Gasteiger partial charge is 0.490 e. The third kappa shape index (κ3) is 5.44. The Balaban J connectivity index is 1.43. The van der Waals surface area contributed by atoms with Crippen LogP contribution in [0.2, 0.25) is 5.02 Å². The number of carbonyl (C=O) groups is 4. The zero-order valence-electron chi connectivity index (χ0n) is 20.8. The highest BCUT2D eigenvalue weighted by molar-refractivity contribution is 8.00. The van der Waals surface area contributed by atoms with Gasteiger partial charge in [0.2, 0.25) is 11.8 Å². The number of thiazole rings is 1. The minimum Gasteiger partial charge on any atom is -0.490 e. The molecular formula is C26H22ClN3O8S2. The number of hydrogen-bond donors (Lipinski definition) is 3. The highest BCUT2D eigenvalue weighted by Crippen LogP contribution is 2.53. The summed E-state index contributed by atoms with van der Waals surface area (Å²) in [6, 6.07) is 11.5. The van der Waals surface area contributed by atoms with Crippen molar-refractivity contribution < 1.29 is 33.8 Å². The number of nitrogens with one attached hydrogen (secondary N) is 2. The summed E-state index contributed by atoms with van der Waals surface area (Å²) in [4.78, 5) is 66.1. The summed E-state index contributed by atoms with van der Waals surface area (Å²) in [5.74, 6) is -3.97. The second kappa shape index (κ2) is 11.4. The smallest absolute Gasteiger partial charge is 0.323 e. The van der Waals surface area contributed by atoms with Crippen LogP contribution in [0.15, 0.2) is 52.3 Å². The van der Waals surface area contributed by atoms with E-state index in [4.69, 9.17) is 21.1 Å². The van der Waals surface area contributed by atoms with Gasteiger partial charge in [-0.15, -0.1) is 0 Å². The number of thioether (sulfide) groups is 1. The number of nitrogens with zero attached hydrogens (tertiary/aromatic N) is 1. The van der Waals surface area contributed by atoms with E-state index in [1.165, 1.54) is 0 Å². The van der Waals surface area contributed by atoms with Crippen molar-refractivity contribution in [3.8, 4) is 11.5 Å². The van der Waals surface area contributed by atoms with Crippen LogP contribution in [-0.2, 0) is 19.2 Å². The van der Waals surface area contributed by atoms with Gasteiger partial charge in [-0.3, -0.25) is 28.9 Å². The molecule has 11 nitrogen and oxygen atoms in total. The van der Waals surface area contributed by atoms with Crippen LogP contribution in [0, 0.1) is 5.92 Å². The van der Waals surface area contributed by atoms with Gasteiger partial charge in [-0.25, -0.2) is 0 Å². The summed E-state index contributed by atoms with van der Waals surface area (Å²) >= 11 is 7.87. The monoisotopic (exact) mass is 603 g/mol. The van der Waals surface area contributed by atoms with Gasteiger partial charge >= 0.3 is 10.8 Å². The first-order valence-corrected chi connectivity index (χ1v) is 14.1. The fourth-order valence-electron chi connectivity index (χ4n) is 4.70. The summed E-state index contributed by atoms with van der Waals surface area (Å²) in [7, 11) is 0. The molecule has 3 amide bonds. The van der Waals surface area contributed by atoms with Gasteiger partial charge in [-0.1, -0.05) is 40.8 Å². The molecule has 3 aromatic rings. The fraction of sp³-hybridized carbons (Fsp3) is 0.269. The van der Waals surface area contributed by atoms with Crippen LogP contribution in [0.4, 0.5) is 5.69 Å². The van der Waals surface area contributed by atoms with Crippen molar-refractivity contribution in [2.24, 2.45) is 5.92 Å². The Morgan fingerprint density at radius 3 is 2.52 bits per heavy atom. The molecule has 2 aliphatic heterocycles. The van der Waals surface area contributed by atoms with Crippen molar-refractivity contribution in [2.45, 2.75) is 23.1 Å². The number of halogens is 1. The van der Waals surface area contributed by atoms with Crippen molar-refractivity contribution in [3.63, 3.8) is 0 Å². The van der Waals surface area contributed by atoms with E-state index in [0.717, 1.165) is 28.0 Å². The number of carboxylic acid groups (broad SMARTS) is 1. The summed E-state index contributed by atoms with van der Waals surface area (Å²) in [6.07, 6.45) is 0. The van der Waals surface area contributed by atoms with Crippen LogP contribution in [0.25, 0.3) is 0 Å². The molecule has 0 spiro atoms. The molecule has 1 fully saturated rings. The van der Waals surface area contributed by atoms with E-state index >= 15 is 0 Å². The van der Waals surface area contributed by atoms with E-state index < -0.39 is 47.3 Å². The van der Waals surface area contributed by atoms with Crippen molar-refractivity contribution in [1.82, 2.24) is 9.88 Å². The molecule has 0 radical (unpaired) electrons. The number of hydrogen-bond acceptors (Lipinski definition) is 9. The Hall–Kier alpha value is -3.81. The molecule has 3 N–H and O–H groups in total. The minimum atomic E-state index is -1.30. The zero-order chi connectivity index (χ0) is 28.6. The Labute approximate surface area is 240 Å². The van der Waals surface area contributed by atoms with E-state index in [-0.39, 0.29) is 23.8 Å². The minimum absolute atomic E-state index is 0.274. The number of amides is 3. The average molecular weight is 604 g/mol. The third-order valence-corrected chi connectivity index (χ3v) is 8.98. The summed E-state index contributed by atoms with van der Waals surface area (Å²) in [5, 5.41) is 12.1. The maximum absolute atomic E-state index is 13.3. The molecule has 0 aliphatic carbocycles. The number of carbonyl (C=O) groups excluding carboxylic acids is 3. The normalized spacial score (nSPS) is 19.6. The van der Waals surface area contributed by atoms with E-state index in [1.54, 1.807) is 49.4 Å². The number of fused-ring (bicyclic) bond motifs is 2. The van der Waals surface area contributed by atoms with Gasteiger partial charge in [0.1, 0.15) is 11.8 Å². The number of imide groups is 1. The molecule has 0 unspecified atom stereocenters. The Morgan fingerprint density at radius 1 is 1.07 bits per heavy atom. The molecule has 208 valence electrons. The molecule has 14 heteroatoms. The number of carboxylic acids is 1. The molecule has 40 heavy (non-hydrogen) atoms. The molecule has 0 saturated carbocycles. The van der Waals surface area contributed by atoms with Crippen LogP contribution < -0.4 is 19.7 Å². The Kier molecular flexibility index (Phi) is 7.88. The van der Waals surface area contributed by atoms with Crippen molar-refractivity contribution >= 4 is 64.1 Å². The van der Waals surface area contributed by atoms with Gasteiger partial charge in [0, 0.05) is 21.5 Å². The van der Waals surface area contributed by atoms with Crippen molar-refractivity contribution in [3.05, 3.63) is 67.6 Å². The van der Waals surface area contributed by atoms with E-state index in [9.17, 15) is 29.1 Å². The topological polar surface area (TPSA) is 155 Å². The zero-order valence-corrected chi connectivity index (χ0v) is 23.2. The van der Waals surface area contributed by atoms with Crippen molar-refractivity contribution in [1.29, 1.82) is 0 Å². The second-order valence-corrected chi connectivity index (χ2v) is 11.5. The fourth-order valence-corrected chi connectivity index (χ4v) is 7.37. The molecule has 3 atom stereocenters. The van der Waals surface area contributed by atoms with Gasteiger partial charge in [0.15, 0.2) is 18.1 Å². The maximum Gasteiger partial charge on any atom is 0.323 e. The lowest BCUT2D eigenvalue weighted by Gasteiger charge is -2.30. The van der Waals surface area contributed by atoms with E-state index in [1.807, 2.05) is 0 Å². The van der Waals surface area contributed by atoms with Gasteiger partial charge < -0.3 is 24.9 Å². The van der Waals surface area contributed by atoms with Crippen LogP contribution in [0.3, 0.4) is 0 Å². The Morgan fingerprint density at radius 2 is 1.82 bits per heavy atom. The van der Waals surface area contributed by atoms with Crippen molar-refractivity contribution in [2.75, 3.05) is 25.1 Å². The maximum atomic E-state index is 13.3. The average Bonchev–Trinajstić information content (AvgIpc) is 3.39. The number of likely N-dealkylation sites (tertiary alicyclic amines) is 1. The van der Waals surface area contributed by atoms with Gasteiger partial charge in [0.25, 0.3) is 5.91 Å². The molecular weight excluding hydrogens is 582 g/mol. The van der Waals surface area contributed by atoms with Crippen LogP contribution >= 0.6 is 34.7 Å². The second-order valence-electron chi connectivity index (χ2n) is 8.89. The number of aliphatic carboxylic acids is 1. The SMILES string of the molecule is CCOc1cc([C@@H]2c3sc(=O)[nH]c3S[C@@H]3C(=O)N(CC(=O)O)C(=O)[C@H]23)ccc1OCC(=O)Nc1ccc(Cl)cc1. The van der Waals surface area contributed by atoms with Gasteiger partial charge in [-0.05, 0) is 48.9 Å². The van der Waals surface area contributed by atoms with E-state index in [2.05, 4.69) is 10.3 Å². The first kappa shape index (κ1) is 27.7. The van der Waals surface area contributed by atoms with Gasteiger partial charge in [0.05, 0.1) is 17.6 Å². The van der Waals surface area contributed by atoms with Gasteiger partial charge in [-0.2, -0.15) is 0 Å². The molecule has 3 heterocycles. The number of benzene rings is 2. The predicted molar refractivity (Wildman–Crippen MR) is 147 cm³/mol. The number of H-pyrrole nitrogens is 1. The molecule has 2 aromatic carbocycles. The van der Waals surface area contributed by atoms with Crippen LogP contribution in [0.5, 0.6) is 11.5 Å². The molecule has 1 aromatic heterocycles. The van der Waals surface area contributed by atoms with Crippen LogP contribution in [0.1, 0.15) is 23.3 Å². The molecule has 1 saturated heterocycles. The lowest BCUT2D eigenvalue weighted by atomic mass is 9.83. The number of rotatable bonds is 9. The molecule has 2 aliphatic rings. The summed E-state index contributed by atoms with van der Waals surface area (Å²) in [6.45, 7) is 0.997. The quantitative estimate of drug-likeness (QED) is 0.313. The third-order valence-electron chi connectivity index (χ3n) is 6.32. The molecule has 0 bridgehead atoms. The first-order chi connectivity index (χ1) is 19.2. The lowest BCUT2D eigenvalue weighted by Crippen LogP contribution is -2.36.